The molecule has 3 amide bonds. The lowest BCUT2D eigenvalue weighted by atomic mass is 9.96. The third-order valence-corrected chi connectivity index (χ3v) is 7.40. The van der Waals surface area contributed by atoms with Crippen LogP contribution < -0.4 is 5.32 Å². The predicted molar refractivity (Wildman–Crippen MR) is 142 cm³/mol. The van der Waals surface area contributed by atoms with Crippen LogP contribution in [-0.4, -0.2) is 64.0 Å². The molecule has 38 heavy (non-hydrogen) atoms. The predicted octanol–water partition coefficient (Wildman–Crippen LogP) is 3.49. The van der Waals surface area contributed by atoms with Crippen LogP contribution in [-0.2, 0) is 16.1 Å². The normalized spacial score (nSPS) is 18.4. The molecule has 0 bridgehead atoms. The highest BCUT2D eigenvalue weighted by Crippen LogP contribution is 2.39. The summed E-state index contributed by atoms with van der Waals surface area (Å²) in [5, 5.41) is 2.94. The number of aryl methyl sites for hydroxylation is 2. The number of likely N-dealkylation sites (tertiary alicyclic amines) is 1. The van der Waals surface area contributed by atoms with Crippen LogP contribution in [0.5, 0.6) is 0 Å². The number of pyridine rings is 1. The molecule has 2 saturated heterocycles. The smallest absolute Gasteiger partial charge is 0.256 e. The second-order valence-electron chi connectivity index (χ2n) is 10.1. The van der Waals surface area contributed by atoms with Crippen LogP contribution >= 0.6 is 0 Å². The number of aromatic nitrogens is 1. The molecule has 1 spiro atoms. The Morgan fingerprint density at radius 3 is 2.11 bits per heavy atom. The van der Waals surface area contributed by atoms with Crippen LogP contribution in [0.4, 0.5) is 0 Å². The van der Waals surface area contributed by atoms with Gasteiger partial charge in [-0.25, -0.2) is 0 Å². The average molecular weight is 513 g/mol. The number of nitrogens with zero attached hydrogens (tertiary/aromatic N) is 3. The molecular weight excluding hydrogens is 480 g/mol. The molecule has 2 fully saturated rings. The molecule has 0 unspecified atom stereocenters. The fourth-order valence-electron chi connectivity index (χ4n) is 5.15. The first-order valence-electron chi connectivity index (χ1n) is 12.9. The molecule has 2 aliphatic heterocycles. The largest absolute Gasteiger partial charge is 0.353 e. The van der Waals surface area contributed by atoms with E-state index in [0.29, 0.717) is 43.6 Å². The molecule has 0 aliphatic carbocycles. The number of carbonyl (C=O) groups excluding carboxylic acids is 3. The maximum Gasteiger partial charge on any atom is 0.256 e. The summed E-state index contributed by atoms with van der Waals surface area (Å²) < 4.78 is 6.29. The second-order valence-corrected chi connectivity index (χ2v) is 10.1. The summed E-state index contributed by atoms with van der Waals surface area (Å²) in [6.07, 6.45) is 4.23. The van der Waals surface area contributed by atoms with Gasteiger partial charge in [-0.1, -0.05) is 41.5 Å². The van der Waals surface area contributed by atoms with Crippen molar-refractivity contribution in [3.05, 3.63) is 101 Å². The third-order valence-electron chi connectivity index (χ3n) is 7.40. The van der Waals surface area contributed by atoms with Crippen LogP contribution in [0.3, 0.4) is 0 Å². The molecule has 5 rings (SSSR count). The van der Waals surface area contributed by atoms with E-state index in [9.17, 15) is 14.4 Å². The molecule has 1 N–H and O–H groups in total. The van der Waals surface area contributed by atoms with Crippen molar-refractivity contribution in [2.45, 2.75) is 45.0 Å². The Balaban J connectivity index is 1.36. The maximum absolute atomic E-state index is 13.9. The van der Waals surface area contributed by atoms with Crippen molar-refractivity contribution >= 4 is 17.7 Å². The highest BCUT2D eigenvalue weighted by Gasteiger charge is 2.54. The number of piperidine rings is 1. The van der Waals surface area contributed by atoms with Crippen molar-refractivity contribution in [1.82, 2.24) is 20.1 Å². The quantitative estimate of drug-likeness (QED) is 0.565. The van der Waals surface area contributed by atoms with Gasteiger partial charge in [-0.2, -0.15) is 0 Å². The van der Waals surface area contributed by atoms with Gasteiger partial charge in [-0.3, -0.25) is 24.3 Å². The fourth-order valence-corrected chi connectivity index (χ4v) is 5.15. The van der Waals surface area contributed by atoms with E-state index in [2.05, 4.69) is 10.3 Å². The summed E-state index contributed by atoms with van der Waals surface area (Å²) in [6, 6.07) is 17.8. The molecule has 0 saturated carbocycles. The molecular formula is C30H32N4O4. The molecule has 0 radical (unpaired) electrons. The number of benzene rings is 2. The fraction of sp³-hybridized carbons (Fsp3) is 0.333. The second kappa shape index (κ2) is 10.8. The van der Waals surface area contributed by atoms with E-state index in [4.69, 9.17) is 4.74 Å². The summed E-state index contributed by atoms with van der Waals surface area (Å²) in [5.41, 5.74) is 3.19. The average Bonchev–Trinajstić information content (AvgIpc) is 3.31. The lowest BCUT2D eigenvalue weighted by Gasteiger charge is -2.44. The summed E-state index contributed by atoms with van der Waals surface area (Å²) in [7, 11) is 0. The van der Waals surface area contributed by atoms with Gasteiger partial charge in [0.25, 0.3) is 11.8 Å². The molecule has 1 atom stereocenters. The Morgan fingerprint density at radius 1 is 0.921 bits per heavy atom. The SMILES string of the molecule is Cc1ccc(C(=O)N2CCC3(CC2)OC[C@H](C(=O)NCc2cccnc2)N3C(=O)c2ccc(C)cc2)cc1. The van der Waals surface area contributed by atoms with E-state index in [1.165, 1.54) is 0 Å². The Hall–Kier alpha value is -4.04. The van der Waals surface area contributed by atoms with Gasteiger partial charge in [0.2, 0.25) is 5.91 Å². The van der Waals surface area contributed by atoms with E-state index >= 15 is 0 Å². The van der Waals surface area contributed by atoms with E-state index in [-0.39, 0.29) is 24.3 Å². The molecule has 8 nitrogen and oxygen atoms in total. The Bertz CT molecular complexity index is 1300. The molecule has 8 heteroatoms. The Kier molecular flexibility index (Phi) is 7.24. The van der Waals surface area contributed by atoms with Crippen LogP contribution in [0.2, 0.25) is 0 Å². The van der Waals surface area contributed by atoms with Crippen molar-refractivity contribution in [3.63, 3.8) is 0 Å². The van der Waals surface area contributed by atoms with E-state index in [1.54, 1.807) is 34.3 Å². The zero-order chi connectivity index (χ0) is 26.7. The zero-order valence-electron chi connectivity index (χ0n) is 21.7. The summed E-state index contributed by atoms with van der Waals surface area (Å²) in [5.74, 6) is -0.563. The van der Waals surface area contributed by atoms with E-state index in [1.807, 2.05) is 62.4 Å². The Labute approximate surface area is 222 Å². The number of carbonyl (C=O) groups is 3. The van der Waals surface area contributed by atoms with Crippen LogP contribution in [0, 0.1) is 13.8 Å². The van der Waals surface area contributed by atoms with Crippen molar-refractivity contribution in [2.24, 2.45) is 0 Å². The van der Waals surface area contributed by atoms with Gasteiger partial charge in [0.15, 0.2) is 0 Å². The third kappa shape index (κ3) is 5.17. The van der Waals surface area contributed by atoms with Gasteiger partial charge in [0.05, 0.1) is 6.61 Å². The van der Waals surface area contributed by atoms with Crippen molar-refractivity contribution in [3.8, 4) is 0 Å². The van der Waals surface area contributed by atoms with Crippen molar-refractivity contribution < 1.29 is 19.1 Å². The van der Waals surface area contributed by atoms with Gasteiger partial charge in [-0.15, -0.1) is 0 Å². The Morgan fingerprint density at radius 2 is 1.53 bits per heavy atom. The lowest BCUT2D eigenvalue weighted by Crippen LogP contribution is -2.59. The first-order valence-corrected chi connectivity index (χ1v) is 12.9. The number of hydrogen-bond acceptors (Lipinski definition) is 5. The number of nitrogens with one attached hydrogen (secondary N) is 1. The summed E-state index contributed by atoms with van der Waals surface area (Å²) in [4.78, 5) is 47.8. The van der Waals surface area contributed by atoms with Crippen LogP contribution in [0.15, 0.2) is 73.1 Å². The maximum atomic E-state index is 13.9. The number of amides is 3. The molecule has 2 aromatic carbocycles. The molecule has 3 heterocycles. The standard InChI is InChI=1S/C30H32N4O4/c1-21-5-9-24(10-6-21)28(36)33-16-13-30(14-17-33)34(29(37)25-11-7-22(2)8-12-25)26(20-38-30)27(35)32-19-23-4-3-15-31-18-23/h3-12,15,18,26H,13-14,16-17,19-20H2,1-2H3,(H,32,35)/t26-/m1/s1. The lowest BCUT2D eigenvalue weighted by molar-refractivity contribution is -0.128. The first-order chi connectivity index (χ1) is 18.4. The zero-order valence-corrected chi connectivity index (χ0v) is 21.7. The minimum absolute atomic E-state index is 0.0416. The molecule has 196 valence electrons. The minimum atomic E-state index is -0.956. The number of ether oxygens (including phenoxy) is 1. The van der Waals surface area contributed by atoms with Gasteiger partial charge in [-0.05, 0) is 49.7 Å². The van der Waals surface area contributed by atoms with E-state index in [0.717, 1.165) is 16.7 Å². The van der Waals surface area contributed by atoms with E-state index < -0.39 is 11.8 Å². The first kappa shape index (κ1) is 25.6. The molecule has 1 aromatic heterocycles. The van der Waals surface area contributed by atoms with Gasteiger partial charge in [0, 0.05) is 56.0 Å². The molecule has 2 aliphatic rings. The molecule has 3 aromatic rings. The minimum Gasteiger partial charge on any atom is -0.353 e. The van der Waals surface area contributed by atoms with Crippen LogP contribution in [0.1, 0.15) is 50.2 Å². The highest BCUT2D eigenvalue weighted by atomic mass is 16.5. The van der Waals surface area contributed by atoms with Gasteiger partial charge in [0.1, 0.15) is 11.8 Å². The topological polar surface area (TPSA) is 91.8 Å². The summed E-state index contributed by atoms with van der Waals surface area (Å²) in [6.45, 7) is 5.20. The number of hydrogen-bond donors (Lipinski definition) is 1. The summed E-state index contributed by atoms with van der Waals surface area (Å²) >= 11 is 0. The van der Waals surface area contributed by atoms with Gasteiger partial charge >= 0.3 is 0 Å². The number of rotatable bonds is 5. The van der Waals surface area contributed by atoms with Crippen LogP contribution in [0.25, 0.3) is 0 Å². The van der Waals surface area contributed by atoms with Crippen molar-refractivity contribution in [2.75, 3.05) is 19.7 Å². The monoisotopic (exact) mass is 512 g/mol. The highest BCUT2D eigenvalue weighted by molar-refractivity contribution is 5.98. The van der Waals surface area contributed by atoms with Crippen molar-refractivity contribution in [1.29, 1.82) is 0 Å². The van der Waals surface area contributed by atoms with Gasteiger partial charge < -0.3 is 15.0 Å².